The Morgan fingerprint density at radius 1 is 1.16 bits per heavy atom. The molecule has 4 heteroatoms. The minimum Gasteiger partial charge on any atom is -0.396 e. The van der Waals surface area contributed by atoms with E-state index in [1.54, 1.807) is 12.1 Å². The molecule has 0 aliphatic carbocycles. The van der Waals surface area contributed by atoms with Crippen molar-refractivity contribution >= 4 is 16.7 Å². The van der Waals surface area contributed by atoms with Crippen LogP contribution in [0.4, 0.5) is 10.1 Å². The van der Waals surface area contributed by atoms with Gasteiger partial charge in [-0.1, -0.05) is 6.07 Å². The Morgan fingerprint density at radius 3 is 2.68 bits per heavy atom. The molecule has 0 aliphatic rings. The van der Waals surface area contributed by atoms with E-state index in [0.29, 0.717) is 0 Å². The standard InChI is InChI=1S/C15H14FN3/c1-9-3-6-14-13(7-9)18-15(19(14)2)10-4-5-11(16)12(17)8-10/h3-8H,17H2,1-2H3. The summed E-state index contributed by atoms with van der Waals surface area (Å²) in [6, 6.07) is 10.8. The summed E-state index contributed by atoms with van der Waals surface area (Å²) in [6.45, 7) is 2.03. The summed E-state index contributed by atoms with van der Waals surface area (Å²) >= 11 is 0. The molecule has 0 spiro atoms. The molecular formula is C15H14FN3. The molecule has 0 radical (unpaired) electrons. The van der Waals surface area contributed by atoms with Crippen LogP contribution in [-0.4, -0.2) is 9.55 Å². The maximum Gasteiger partial charge on any atom is 0.146 e. The van der Waals surface area contributed by atoms with Crippen LogP contribution in [-0.2, 0) is 7.05 Å². The molecule has 0 atom stereocenters. The number of nitrogens with zero attached hydrogens (tertiary/aromatic N) is 2. The first-order valence-corrected chi connectivity index (χ1v) is 6.05. The second-order valence-corrected chi connectivity index (χ2v) is 4.72. The molecule has 96 valence electrons. The fourth-order valence-corrected chi connectivity index (χ4v) is 2.25. The lowest BCUT2D eigenvalue weighted by Gasteiger charge is -2.04. The van der Waals surface area contributed by atoms with Gasteiger partial charge in [-0.05, 0) is 42.8 Å². The number of fused-ring (bicyclic) bond motifs is 1. The number of rotatable bonds is 1. The molecule has 2 N–H and O–H groups in total. The van der Waals surface area contributed by atoms with Crippen molar-refractivity contribution in [3.05, 3.63) is 47.8 Å². The Bertz CT molecular complexity index is 774. The highest BCUT2D eigenvalue weighted by atomic mass is 19.1. The van der Waals surface area contributed by atoms with Crippen LogP contribution in [0.2, 0.25) is 0 Å². The Balaban J connectivity index is 2.24. The molecular weight excluding hydrogens is 241 g/mol. The second kappa shape index (κ2) is 4.09. The summed E-state index contributed by atoms with van der Waals surface area (Å²) in [6.07, 6.45) is 0. The highest BCUT2D eigenvalue weighted by molar-refractivity contribution is 5.81. The number of hydrogen-bond acceptors (Lipinski definition) is 2. The minimum atomic E-state index is -0.404. The number of benzene rings is 2. The topological polar surface area (TPSA) is 43.8 Å². The summed E-state index contributed by atoms with van der Waals surface area (Å²) in [4.78, 5) is 4.60. The van der Waals surface area contributed by atoms with Gasteiger partial charge in [-0.2, -0.15) is 0 Å². The third-order valence-electron chi connectivity index (χ3n) is 3.29. The smallest absolute Gasteiger partial charge is 0.146 e. The van der Waals surface area contributed by atoms with Gasteiger partial charge in [0.2, 0.25) is 0 Å². The first kappa shape index (κ1) is 11.7. The normalized spacial score (nSPS) is 11.1. The molecule has 0 bridgehead atoms. The zero-order valence-electron chi connectivity index (χ0n) is 10.8. The van der Waals surface area contributed by atoms with E-state index in [1.807, 2.05) is 36.7 Å². The average Bonchev–Trinajstić information content (AvgIpc) is 2.70. The van der Waals surface area contributed by atoms with E-state index < -0.39 is 5.82 Å². The first-order valence-electron chi connectivity index (χ1n) is 6.05. The monoisotopic (exact) mass is 255 g/mol. The lowest BCUT2D eigenvalue weighted by atomic mass is 10.2. The molecule has 0 amide bonds. The molecule has 1 heterocycles. The number of aryl methyl sites for hydroxylation is 2. The Kier molecular flexibility index (Phi) is 2.52. The van der Waals surface area contributed by atoms with Gasteiger partial charge >= 0.3 is 0 Å². The molecule has 0 fully saturated rings. The largest absolute Gasteiger partial charge is 0.396 e. The number of aromatic nitrogens is 2. The van der Waals surface area contributed by atoms with Gasteiger partial charge in [-0.15, -0.1) is 0 Å². The summed E-state index contributed by atoms with van der Waals surface area (Å²) in [7, 11) is 1.94. The highest BCUT2D eigenvalue weighted by Crippen LogP contribution is 2.26. The number of anilines is 1. The summed E-state index contributed by atoms with van der Waals surface area (Å²) in [5.41, 5.74) is 9.71. The van der Waals surface area contributed by atoms with Gasteiger partial charge in [0.1, 0.15) is 11.6 Å². The van der Waals surface area contributed by atoms with Crippen molar-refractivity contribution in [3.8, 4) is 11.4 Å². The van der Waals surface area contributed by atoms with Crippen molar-refractivity contribution in [2.75, 3.05) is 5.73 Å². The molecule has 3 aromatic rings. The SMILES string of the molecule is Cc1ccc2c(c1)nc(-c1ccc(F)c(N)c1)n2C. The van der Waals surface area contributed by atoms with Crippen LogP contribution in [0.25, 0.3) is 22.4 Å². The van der Waals surface area contributed by atoms with Crippen molar-refractivity contribution in [1.82, 2.24) is 9.55 Å². The first-order chi connectivity index (χ1) is 9.06. The van der Waals surface area contributed by atoms with Crippen LogP contribution < -0.4 is 5.73 Å². The molecule has 0 saturated carbocycles. The van der Waals surface area contributed by atoms with Crippen LogP contribution >= 0.6 is 0 Å². The maximum atomic E-state index is 13.2. The molecule has 0 aliphatic heterocycles. The summed E-state index contributed by atoms with van der Waals surface area (Å²) in [5, 5.41) is 0. The van der Waals surface area contributed by atoms with Crippen molar-refractivity contribution in [2.24, 2.45) is 7.05 Å². The number of nitrogen functional groups attached to an aromatic ring is 1. The third-order valence-corrected chi connectivity index (χ3v) is 3.29. The number of nitrogens with two attached hydrogens (primary N) is 1. The Labute approximate surface area is 110 Å². The number of imidazole rings is 1. The second-order valence-electron chi connectivity index (χ2n) is 4.72. The molecule has 3 nitrogen and oxygen atoms in total. The van der Waals surface area contributed by atoms with Crippen molar-refractivity contribution < 1.29 is 4.39 Å². The van der Waals surface area contributed by atoms with Gasteiger partial charge < -0.3 is 10.3 Å². The predicted molar refractivity (Wildman–Crippen MR) is 75.3 cm³/mol. The molecule has 2 aromatic carbocycles. The van der Waals surface area contributed by atoms with Crippen LogP contribution in [0.1, 0.15) is 5.56 Å². The van der Waals surface area contributed by atoms with Crippen molar-refractivity contribution in [2.45, 2.75) is 6.92 Å². The van der Waals surface area contributed by atoms with Crippen LogP contribution in [0.5, 0.6) is 0 Å². The van der Waals surface area contributed by atoms with E-state index in [2.05, 4.69) is 4.98 Å². The van der Waals surface area contributed by atoms with Crippen LogP contribution in [0, 0.1) is 12.7 Å². The van der Waals surface area contributed by atoms with Gasteiger partial charge in [-0.25, -0.2) is 9.37 Å². The zero-order chi connectivity index (χ0) is 13.6. The molecule has 0 saturated heterocycles. The summed E-state index contributed by atoms with van der Waals surface area (Å²) in [5.74, 6) is 0.380. The van der Waals surface area contributed by atoms with Crippen LogP contribution in [0.15, 0.2) is 36.4 Å². The van der Waals surface area contributed by atoms with Gasteiger partial charge in [0.25, 0.3) is 0 Å². The third kappa shape index (κ3) is 1.85. The highest BCUT2D eigenvalue weighted by Gasteiger charge is 2.11. The minimum absolute atomic E-state index is 0.140. The molecule has 1 aromatic heterocycles. The Hall–Kier alpha value is -2.36. The molecule has 0 unspecified atom stereocenters. The Morgan fingerprint density at radius 2 is 1.95 bits per heavy atom. The van der Waals surface area contributed by atoms with Crippen molar-refractivity contribution in [3.63, 3.8) is 0 Å². The van der Waals surface area contributed by atoms with E-state index in [9.17, 15) is 4.39 Å². The number of halogens is 1. The predicted octanol–water partition coefficient (Wildman–Crippen LogP) is 3.27. The fourth-order valence-electron chi connectivity index (χ4n) is 2.25. The van der Waals surface area contributed by atoms with Gasteiger partial charge in [0.15, 0.2) is 0 Å². The lowest BCUT2D eigenvalue weighted by Crippen LogP contribution is -1.95. The fraction of sp³-hybridized carbons (Fsp3) is 0.133. The van der Waals surface area contributed by atoms with Crippen LogP contribution in [0.3, 0.4) is 0 Å². The average molecular weight is 255 g/mol. The van der Waals surface area contributed by atoms with E-state index >= 15 is 0 Å². The lowest BCUT2D eigenvalue weighted by molar-refractivity contribution is 0.632. The summed E-state index contributed by atoms with van der Waals surface area (Å²) < 4.78 is 15.2. The van der Waals surface area contributed by atoms with E-state index in [0.717, 1.165) is 28.0 Å². The number of hydrogen-bond donors (Lipinski definition) is 1. The van der Waals surface area contributed by atoms with Gasteiger partial charge in [-0.3, -0.25) is 0 Å². The zero-order valence-corrected chi connectivity index (χ0v) is 10.8. The van der Waals surface area contributed by atoms with Crippen molar-refractivity contribution in [1.29, 1.82) is 0 Å². The van der Waals surface area contributed by atoms with Gasteiger partial charge in [0.05, 0.1) is 16.7 Å². The quantitative estimate of drug-likeness (QED) is 0.678. The maximum absolute atomic E-state index is 13.2. The molecule has 3 rings (SSSR count). The van der Waals surface area contributed by atoms with Gasteiger partial charge in [0, 0.05) is 12.6 Å². The van der Waals surface area contributed by atoms with E-state index in [4.69, 9.17) is 5.73 Å². The van der Waals surface area contributed by atoms with E-state index in [1.165, 1.54) is 6.07 Å². The van der Waals surface area contributed by atoms with E-state index in [-0.39, 0.29) is 5.69 Å². The molecule has 19 heavy (non-hydrogen) atoms.